The molecule has 0 saturated heterocycles. The Labute approximate surface area is 364 Å². The van der Waals surface area contributed by atoms with E-state index in [1.165, 1.54) is 69.8 Å². The summed E-state index contributed by atoms with van der Waals surface area (Å²) < 4.78 is 37.8. The van der Waals surface area contributed by atoms with Gasteiger partial charge in [0.25, 0.3) is 0 Å². The number of hydrogen-bond acceptors (Lipinski definition) is 8. The lowest BCUT2D eigenvalue weighted by molar-refractivity contribution is -0.155. The number of carbonyl (C=O) groups is 2. The van der Waals surface area contributed by atoms with Gasteiger partial charge in [0.2, 0.25) is 0 Å². The SMILES string of the molecule is CCCCCCCOCC(COc1c2ccccc2c(OCC(COCCCCCCC)OC(=O)CCCCCCC)c2cc(CC)ccc12)OC(=O)CCCCCCC. The number of aryl methyl sites for hydroxylation is 1. The molecule has 0 amide bonds. The van der Waals surface area contributed by atoms with Gasteiger partial charge in [-0.15, -0.1) is 0 Å². The smallest absolute Gasteiger partial charge is 0.306 e. The second-order valence-electron chi connectivity index (χ2n) is 16.6. The van der Waals surface area contributed by atoms with Crippen LogP contribution in [0.3, 0.4) is 0 Å². The molecule has 2 unspecified atom stereocenters. The van der Waals surface area contributed by atoms with E-state index in [0.29, 0.717) is 31.8 Å². The van der Waals surface area contributed by atoms with Crippen LogP contribution < -0.4 is 9.47 Å². The summed E-state index contributed by atoms with van der Waals surface area (Å²) in [6.45, 7) is 13.1. The van der Waals surface area contributed by atoms with Crippen LogP contribution in [0.15, 0.2) is 42.5 Å². The Bertz CT molecular complexity index is 1590. The third kappa shape index (κ3) is 20.0. The van der Waals surface area contributed by atoms with E-state index in [9.17, 15) is 9.59 Å². The standard InChI is InChI=1S/C52H82O8/c1-6-11-15-19-23-31-49(53)59-43(38-55-35-27-21-17-13-8-3)40-57-51-45-29-25-26-30-46(45)52(48-37-42(10-5)33-34-47(48)51)58-41-44(39-56-36-28-22-18-14-9-4)60-50(54)32-24-20-16-12-7-2/h25-26,29-30,33-34,37,43-44H,6-24,27-28,31-32,35-36,38-41H2,1-5H3. The van der Waals surface area contributed by atoms with Crippen molar-refractivity contribution in [2.45, 2.75) is 195 Å². The fourth-order valence-electron chi connectivity index (χ4n) is 7.54. The molecule has 0 heterocycles. The van der Waals surface area contributed by atoms with Crippen molar-refractivity contribution in [2.75, 3.05) is 39.6 Å². The topological polar surface area (TPSA) is 89.5 Å². The van der Waals surface area contributed by atoms with Gasteiger partial charge >= 0.3 is 11.9 Å². The highest BCUT2D eigenvalue weighted by molar-refractivity contribution is 6.11. The summed E-state index contributed by atoms with van der Waals surface area (Å²) in [6, 6.07) is 14.5. The average Bonchev–Trinajstić information content (AvgIpc) is 3.26. The maximum atomic E-state index is 13.1. The Hall–Kier alpha value is -3.36. The molecular formula is C52H82O8. The Balaban J connectivity index is 1.85. The summed E-state index contributed by atoms with van der Waals surface area (Å²) >= 11 is 0. The first-order valence-corrected chi connectivity index (χ1v) is 24.2. The Morgan fingerprint density at radius 2 is 0.850 bits per heavy atom. The number of esters is 2. The second kappa shape index (κ2) is 32.4. The molecule has 0 N–H and O–H groups in total. The van der Waals surface area contributed by atoms with Crippen LogP contribution in [0.1, 0.15) is 181 Å². The number of fused-ring (bicyclic) bond motifs is 2. The Morgan fingerprint density at radius 1 is 0.450 bits per heavy atom. The van der Waals surface area contributed by atoms with Crippen molar-refractivity contribution >= 4 is 33.5 Å². The molecule has 3 rings (SSSR count). The minimum absolute atomic E-state index is 0.165. The molecule has 0 bridgehead atoms. The molecule has 8 nitrogen and oxygen atoms in total. The van der Waals surface area contributed by atoms with Crippen LogP contribution >= 0.6 is 0 Å². The van der Waals surface area contributed by atoms with Crippen molar-refractivity contribution < 1.29 is 38.0 Å². The molecule has 0 aliphatic rings. The van der Waals surface area contributed by atoms with E-state index in [2.05, 4.69) is 58.9 Å². The molecule has 338 valence electrons. The lowest BCUT2D eigenvalue weighted by atomic mass is 9.98. The highest BCUT2D eigenvalue weighted by Gasteiger charge is 2.23. The van der Waals surface area contributed by atoms with Gasteiger partial charge in [0.1, 0.15) is 24.7 Å². The second-order valence-corrected chi connectivity index (χ2v) is 16.6. The first-order chi connectivity index (χ1) is 29.4. The first kappa shape index (κ1) is 51.0. The van der Waals surface area contributed by atoms with E-state index in [1.54, 1.807) is 0 Å². The lowest BCUT2D eigenvalue weighted by Crippen LogP contribution is -2.30. The molecule has 8 heteroatoms. The molecule has 3 aromatic rings. The Kier molecular flexibility index (Phi) is 27.5. The van der Waals surface area contributed by atoms with Gasteiger partial charge in [0, 0.05) is 47.6 Å². The largest absolute Gasteiger partial charge is 0.488 e. The van der Waals surface area contributed by atoms with E-state index in [0.717, 1.165) is 97.9 Å². The van der Waals surface area contributed by atoms with Gasteiger partial charge in [-0.3, -0.25) is 9.59 Å². The molecule has 3 aromatic carbocycles. The number of benzene rings is 3. The number of ether oxygens (including phenoxy) is 6. The maximum absolute atomic E-state index is 13.1. The monoisotopic (exact) mass is 835 g/mol. The van der Waals surface area contributed by atoms with E-state index in [4.69, 9.17) is 28.4 Å². The van der Waals surface area contributed by atoms with Crippen LogP contribution in [0.5, 0.6) is 11.5 Å². The summed E-state index contributed by atoms with van der Waals surface area (Å²) in [5, 5.41) is 3.62. The lowest BCUT2D eigenvalue weighted by Gasteiger charge is -2.23. The summed E-state index contributed by atoms with van der Waals surface area (Å²) in [4.78, 5) is 26.2. The van der Waals surface area contributed by atoms with Crippen LogP contribution in [0.25, 0.3) is 21.5 Å². The quantitative estimate of drug-likeness (QED) is 0.0322. The van der Waals surface area contributed by atoms with Gasteiger partial charge < -0.3 is 28.4 Å². The minimum atomic E-state index is -0.545. The average molecular weight is 835 g/mol. The molecule has 0 aliphatic carbocycles. The van der Waals surface area contributed by atoms with Gasteiger partial charge in [-0.1, -0.05) is 174 Å². The van der Waals surface area contributed by atoms with Gasteiger partial charge in [0.15, 0.2) is 12.2 Å². The predicted octanol–water partition coefficient (Wildman–Crippen LogP) is 13.8. The number of rotatable bonds is 37. The number of hydrogen-bond donors (Lipinski definition) is 0. The van der Waals surface area contributed by atoms with Crippen molar-refractivity contribution in [3.8, 4) is 11.5 Å². The van der Waals surface area contributed by atoms with Crippen molar-refractivity contribution in [2.24, 2.45) is 0 Å². The summed E-state index contributed by atoms with van der Waals surface area (Å²) in [5.74, 6) is 1.03. The molecular weight excluding hydrogens is 753 g/mol. The molecule has 0 saturated carbocycles. The van der Waals surface area contributed by atoms with Crippen molar-refractivity contribution in [3.63, 3.8) is 0 Å². The van der Waals surface area contributed by atoms with E-state index >= 15 is 0 Å². The molecule has 0 spiro atoms. The fourth-order valence-corrected chi connectivity index (χ4v) is 7.54. The van der Waals surface area contributed by atoms with Gasteiger partial charge in [0.05, 0.1) is 13.2 Å². The van der Waals surface area contributed by atoms with Gasteiger partial charge in [-0.2, -0.15) is 0 Å². The molecule has 0 radical (unpaired) electrons. The highest BCUT2D eigenvalue weighted by Crippen LogP contribution is 2.43. The number of unbranched alkanes of at least 4 members (excludes halogenated alkanes) is 16. The maximum Gasteiger partial charge on any atom is 0.306 e. The summed E-state index contributed by atoms with van der Waals surface area (Å²) in [5.41, 5.74) is 1.17. The van der Waals surface area contributed by atoms with Crippen LogP contribution in [0.4, 0.5) is 0 Å². The summed E-state index contributed by atoms with van der Waals surface area (Å²) in [6.07, 6.45) is 22.8. The van der Waals surface area contributed by atoms with Crippen molar-refractivity contribution in [1.29, 1.82) is 0 Å². The Morgan fingerprint density at radius 3 is 1.28 bits per heavy atom. The zero-order chi connectivity index (χ0) is 43.0. The molecule has 60 heavy (non-hydrogen) atoms. The fraction of sp³-hybridized carbons (Fsp3) is 0.692. The third-order valence-electron chi connectivity index (χ3n) is 11.2. The van der Waals surface area contributed by atoms with Crippen LogP contribution in [0, 0.1) is 0 Å². The minimum Gasteiger partial charge on any atom is -0.488 e. The molecule has 0 aliphatic heterocycles. The zero-order valence-corrected chi connectivity index (χ0v) is 38.5. The predicted molar refractivity (Wildman–Crippen MR) is 247 cm³/mol. The first-order valence-electron chi connectivity index (χ1n) is 24.2. The third-order valence-corrected chi connectivity index (χ3v) is 11.2. The van der Waals surface area contributed by atoms with Crippen molar-refractivity contribution in [1.82, 2.24) is 0 Å². The van der Waals surface area contributed by atoms with E-state index in [-0.39, 0.29) is 38.4 Å². The molecule has 2 atom stereocenters. The van der Waals surface area contributed by atoms with Crippen LogP contribution in [-0.2, 0) is 35.0 Å². The van der Waals surface area contributed by atoms with E-state index < -0.39 is 12.2 Å². The normalized spacial score (nSPS) is 12.5. The van der Waals surface area contributed by atoms with Crippen molar-refractivity contribution in [3.05, 3.63) is 48.0 Å². The summed E-state index contributed by atoms with van der Waals surface area (Å²) in [7, 11) is 0. The van der Waals surface area contributed by atoms with Gasteiger partial charge in [-0.05, 0) is 43.7 Å². The molecule has 0 fully saturated rings. The highest BCUT2D eigenvalue weighted by atomic mass is 16.6. The molecule has 0 aromatic heterocycles. The number of carbonyl (C=O) groups excluding carboxylic acids is 2. The van der Waals surface area contributed by atoms with Crippen LogP contribution in [-0.4, -0.2) is 63.8 Å². The zero-order valence-electron chi connectivity index (χ0n) is 38.5. The van der Waals surface area contributed by atoms with E-state index in [1.807, 2.05) is 18.2 Å². The van der Waals surface area contributed by atoms with Gasteiger partial charge in [-0.25, -0.2) is 0 Å². The van der Waals surface area contributed by atoms with Crippen LogP contribution in [0.2, 0.25) is 0 Å².